The third-order valence-electron chi connectivity index (χ3n) is 4.39. The summed E-state index contributed by atoms with van der Waals surface area (Å²) in [6, 6.07) is 11.9. The first-order valence-electron chi connectivity index (χ1n) is 10.1. The van der Waals surface area contributed by atoms with Crippen LogP contribution in [0.2, 0.25) is 0 Å². The van der Waals surface area contributed by atoms with Crippen LogP contribution in [0.5, 0.6) is 11.5 Å². The van der Waals surface area contributed by atoms with Gasteiger partial charge >= 0.3 is 0 Å². The van der Waals surface area contributed by atoms with Crippen molar-refractivity contribution in [3.8, 4) is 11.5 Å². The van der Waals surface area contributed by atoms with Crippen LogP contribution in [0.15, 0.2) is 41.4 Å². The number of methoxy groups -OCH3 is 1. The number of ether oxygens (including phenoxy) is 2. The van der Waals surface area contributed by atoms with Gasteiger partial charge in [-0.25, -0.2) is 0 Å². The number of benzene rings is 2. The van der Waals surface area contributed by atoms with Crippen LogP contribution in [0.25, 0.3) is 0 Å². The van der Waals surface area contributed by atoms with Gasteiger partial charge in [0.05, 0.1) is 19.4 Å². The van der Waals surface area contributed by atoms with Crippen molar-refractivity contribution in [2.45, 2.75) is 40.3 Å². The topological polar surface area (TPSA) is 84.0 Å². The van der Waals surface area contributed by atoms with E-state index in [1.807, 2.05) is 18.2 Å². The van der Waals surface area contributed by atoms with Crippen LogP contribution in [-0.4, -0.2) is 32.6 Å². The Morgan fingerprint density at radius 2 is 1.81 bits per heavy atom. The molecule has 0 spiro atoms. The van der Waals surface area contributed by atoms with Gasteiger partial charge in [0, 0.05) is 32.6 Å². The van der Waals surface area contributed by atoms with Crippen molar-refractivity contribution in [1.29, 1.82) is 0 Å². The van der Waals surface area contributed by atoms with Gasteiger partial charge in [-0.2, -0.15) is 0 Å². The van der Waals surface area contributed by atoms with Crippen LogP contribution < -0.4 is 25.4 Å². The van der Waals surface area contributed by atoms with Gasteiger partial charge < -0.3 is 25.4 Å². The smallest absolute Gasteiger partial charge is 0.221 e. The Hall–Kier alpha value is -2.49. The van der Waals surface area contributed by atoms with E-state index in [9.17, 15) is 4.79 Å². The quantitative estimate of drug-likeness (QED) is 0.252. The SMILES string of the molecule is CCCOc1cc(C)ccc1CNC(=NC)NCc1ccc(OC)c(NC(C)=O)c1.I. The summed E-state index contributed by atoms with van der Waals surface area (Å²) in [5.74, 6) is 2.05. The number of hydrogen-bond acceptors (Lipinski definition) is 4. The average Bonchev–Trinajstić information content (AvgIpc) is 2.73. The molecule has 0 atom stereocenters. The third-order valence-corrected chi connectivity index (χ3v) is 4.39. The lowest BCUT2D eigenvalue weighted by Gasteiger charge is -2.16. The summed E-state index contributed by atoms with van der Waals surface area (Å²) < 4.78 is 11.2. The first kappa shape index (κ1) is 26.5. The highest BCUT2D eigenvalue weighted by atomic mass is 127. The second-order valence-electron chi connectivity index (χ2n) is 6.95. The molecule has 0 fully saturated rings. The Balaban J connectivity index is 0.00000480. The maximum atomic E-state index is 11.4. The van der Waals surface area contributed by atoms with E-state index in [0.29, 0.717) is 37.1 Å². The molecule has 31 heavy (non-hydrogen) atoms. The van der Waals surface area contributed by atoms with E-state index in [0.717, 1.165) is 23.3 Å². The van der Waals surface area contributed by atoms with E-state index in [1.165, 1.54) is 12.5 Å². The highest BCUT2D eigenvalue weighted by Gasteiger charge is 2.08. The average molecular weight is 540 g/mol. The zero-order valence-corrected chi connectivity index (χ0v) is 21.2. The highest BCUT2D eigenvalue weighted by molar-refractivity contribution is 14.0. The molecule has 2 aromatic carbocycles. The number of rotatable bonds is 9. The van der Waals surface area contributed by atoms with E-state index in [2.05, 4.69) is 53.0 Å². The molecule has 170 valence electrons. The minimum atomic E-state index is -0.143. The summed E-state index contributed by atoms with van der Waals surface area (Å²) in [6.45, 7) is 7.45. The number of nitrogens with one attached hydrogen (secondary N) is 3. The minimum absolute atomic E-state index is 0. The van der Waals surface area contributed by atoms with E-state index in [4.69, 9.17) is 9.47 Å². The number of aliphatic imine (C=N–C) groups is 1. The molecule has 0 aliphatic heterocycles. The lowest BCUT2D eigenvalue weighted by atomic mass is 10.1. The summed E-state index contributed by atoms with van der Waals surface area (Å²) in [6.07, 6.45) is 0.965. The molecule has 0 radical (unpaired) electrons. The Bertz CT molecular complexity index is 887. The van der Waals surface area contributed by atoms with Gasteiger partial charge in [-0.1, -0.05) is 25.1 Å². The van der Waals surface area contributed by atoms with Crippen molar-refractivity contribution >= 4 is 41.5 Å². The molecule has 0 bridgehead atoms. The molecule has 3 N–H and O–H groups in total. The van der Waals surface area contributed by atoms with Gasteiger partial charge in [-0.3, -0.25) is 9.79 Å². The Labute approximate surface area is 202 Å². The highest BCUT2D eigenvalue weighted by Crippen LogP contribution is 2.25. The number of carbonyl (C=O) groups excluding carboxylic acids is 1. The van der Waals surface area contributed by atoms with Crippen LogP contribution >= 0.6 is 24.0 Å². The van der Waals surface area contributed by atoms with Gasteiger partial charge in [-0.05, 0) is 42.7 Å². The third kappa shape index (κ3) is 8.64. The van der Waals surface area contributed by atoms with E-state index < -0.39 is 0 Å². The zero-order chi connectivity index (χ0) is 21.9. The number of anilines is 1. The predicted octanol–water partition coefficient (Wildman–Crippen LogP) is 4.23. The summed E-state index contributed by atoms with van der Waals surface area (Å²) in [5, 5.41) is 9.41. The molecule has 0 aromatic heterocycles. The molecule has 0 saturated heterocycles. The van der Waals surface area contributed by atoms with Crippen molar-refractivity contribution in [2.24, 2.45) is 4.99 Å². The van der Waals surface area contributed by atoms with Gasteiger partial charge in [0.25, 0.3) is 0 Å². The van der Waals surface area contributed by atoms with Crippen molar-refractivity contribution < 1.29 is 14.3 Å². The molecule has 0 unspecified atom stereocenters. The van der Waals surface area contributed by atoms with Crippen LogP contribution in [0, 0.1) is 6.92 Å². The van der Waals surface area contributed by atoms with E-state index in [1.54, 1.807) is 14.2 Å². The second-order valence-corrected chi connectivity index (χ2v) is 6.95. The summed E-state index contributed by atoms with van der Waals surface area (Å²) in [4.78, 5) is 15.7. The van der Waals surface area contributed by atoms with Crippen molar-refractivity contribution in [3.63, 3.8) is 0 Å². The first-order valence-corrected chi connectivity index (χ1v) is 10.1. The molecule has 2 aromatic rings. The minimum Gasteiger partial charge on any atom is -0.495 e. The lowest BCUT2D eigenvalue weighted by molar-refractivity contribution is -0.114. The number of guanidine groups is 1. The fraction of sp³-hybridized carbons (Fsp3) is 0.391. The van der Waals surface area contributed by atoms with Crippen molar-refractivity contribution in [2.75, 3.05) is 26.1 Å². The molecular weight excluding hydrogens is 507 g/mol. The van der Waals surface area contributed by atoms with Gasteiger partial charge in [0.15, 0.2) is 5.96 Å². The monoisotopic (exact) mass is 540 g/mol. The van der Waals surface area contributed by atoms with Crippen LogP contribution in [-0.2, 0) is 17.9 Å². The largest absolute Gasteiger partial charge is 0.495 e. The number of aryl methyl sites for hydroxylation is 1. The Morgan fingerprint density at radius 1 is 1.06 bits per heavy atom. The maximum absolute atomic E-state index is 11.4. The number of amides is 1. The maximum Gasteiger partial charge on any atom is 0.221 e. The lowest BCUT2D eigenvalue weighted by Crippen LogP contribution is -2.36. The Kier molecular flexibility index (Phi) is 11.8. The fourth-order valence-electron chi connectivity index (χ4n) is 2.89. The summed E-state index contributed by atoms with van der Waals surface area (Å²) in [5.41, 5.74) is 3.88. The molecular formula is C23H33IN4O3. The molecule has 8 heteroatoms. The second kappa shape index (κ2) is 13.7. The molecule has 0 saturated carbocycles. The molecule has 0 aliphatic rings. The van der Waals surface area contributed by atoms with Crippen LogP contribution in [0.1, 0.15) is 37.0 Å². The van der Waals surface area contributed by atoms with Gasteiger partial charge in [0.2, 0.25) is 5.91 Å². The van der Waals surface area contributed by atoms with Crippen molar-refractivity contribution in [3.05, 3.63) is 53.1 Å². The van der Waals surface area contributed by atoms with Crippen LogP contribution in [0.3, 0.4) is 0 Å². The normalized spacial score (nSPS) is 10.7. The first-order chi connectivity index (χ1) is 14.5. The number of hydrogen-bond donors (Lipinski definition) is 3. The standard InChI is InChI=1S/C23H32N4O3.HI/c1-6-11-30-22-12-16(2)7-9-19(22)15-26-23(24-4)25-14-18-8-10-21(29-5)20(13-18)27-17(3)28;/h7-10,12-13H,6,11,14-15H2,1-5H3,(H,27,28)(H2,24,25,26);1H. The Morgan fingerprint density at radius 3 is 2.45 bits per heavy atom. The number of halogens is 1. The van der Waals surface area contributed by atoms with Crippen LogP contribution in [0.4, 0.5) is 5.69 Å². The number of carbonyl (C=O) groups is 1. The molecule has 0 aliphatic carbocycles. The molecule has 2 rings (SSSR count). The van der Waals surface area contributed by atoms with E-state index >= 15 is 0 Å². The predicted molar refractivity (Wildman–Crippen MR) is 137 cm³/mol. The van der Waals surface area contributed by atoms with E-state index in [-0.39, 0.29) is 29.9 Å². The van der Waals surface area contributed by atoms with Gasteiger partial charge in [0.1, 0.15) is 11.5 Å². The van der Waals surface area contributed by atoms with Crippen molar-refractivity contribution in [1.82, 2.24) is 10.6 Å². The molecule has 7 nitrogen and oxygen atoms in total. The fourth-order valence-corrected chi connectivity index (χ4v) is 2.89. The van der Waals surface area contributed by atoms with Gasteiger partial charge in [-0.15, -0.1) is 24.0 Å². The number of nitrogens with zero attached hydrogens (tertiary/aromatic N) is 1. The molecule has 1 amide bonds. The zero-order valence-electron chi connectivity index (χ0n) is 18.9. The molecule has 0 heterocycles. The summed E-state index contributed by atoms with van der Waals surface area (Å²) >= 11 is 0. The summed E-state index contributed by atoms with van der Waals surface area (Å²) in [7, 11) is 3.31.